The molecule has 1 aliphatic carbocycles. The van der Waals surface area contributed by atoms with Crippen LogP contribution < -0.4 is 5.32 Å². The highest BCUT2D eigenvalue weighted by molar-refractivity contribution is 5.92. The van der Waals surface area contributed by atoms with Gasteiger partial charge in [-0.15, -0.1) is 0 Å². The van der Waals surface area contributed by atoms with Crippen LogP contribution in [0.3, 0.4) is 0 Å². The Labute approximate surface area is 119 Å². The Morgan fingerprint density at radius 3 is 2.80 bits per heavy atom. The van der Waals surface area contributed by atoms with Crippen molar-refractivity contribution < 1.29 is 9.90 Å². The lowest BCUT2D eigenvalue weighted by Crippen LogP contribution is -2.43. The molecule has 1 saturated carbocycles. The third-order valence-electron chi connectivity index (χ3n) is 3.98. The van der Waals surface area contributed by atoms with E-state index in [1.165, 1.54) is 0 Å². The molecular weight excluding hydrogens is 256 g/mol. The van der Waals surface area contributed by atoms with Crippen molar-refractivity contribution in [2.45, 2.75) is 38.3 Å². The minimum atomic E-state index is -0.286. The molecule has 2 N–H and O–H groups in total. The van der Waals surface area contributed by atoms with Crippen molar-refractivity contribution in [3.8, 4) is 0 Å². The van der Waals surface area contributed by atoms with Crippen molar-refractivity contribution in [3.05, 3.63) is 18.5 Å². The van der Waals surface area contributed by atoms with Crippen molar-refractivity contribution in [2.75, 3.05) is 18.9 Å². The predicted octanol–water partition coefficient (Wildman–Crippen LogP) is 0.896. The summed E-state index contributed by atoms with van der Waals surface area (Å²) in [5.74, 6) is 0.452. The van der Waals surface area contributed by atoms with Crippen LogP contribution in [0.15, 0.2) is 18.5 Å². The molecule has 0 aliphatic heterocycles. The number of carbonyl (C=O) groups excluding carboxylic acids is 1. The number of likely N-dealkylation sites (N-methyl/N-ethyl adjacent to an activating group) is 1. The van der Waals surface area contributed by atoms with E-state index in [1.54, 1.807) is 18.5 Å². The highest BCUT2D eigenvalue weighted by Gasteiger charge is 2.29. The van der Waals surface area contributed by atoms with Crippen LogP contribution in [-0.2, 0) is 4.79 Å². The number of carbonyl (C=O) groups is 1. The molecule has 1 aromatic rings. The average molecular weight is 278 g/mol. The minimum Gasteiger partial charge on any atom is -0.393 e. The Kier molecular flexibility index (Phi) is 5.03. The summed E-state index contributed by atoms with van der Waals surface area (Å²) in [5, 5.41) is 12.5. The maximum absolute atomic E-state index is 12.1. The summed E-state index contributed by atoms with van der Waals surface area (Å²) in [6, 6.07) is 1.42. The lowest BCUT2D eigenvalue weighted by molar-refractivity contribution is -0.120. The van der Waals surface area contributed by atoms with E-state index < -0.39 is 0 Å². The number of rotatable bonds is 5. The number of nitrogens with one attached hydrogen (secondary N) is 1. The molecule has 2 rings (SSSR count). The Balaban J connectivity index is 1.86. The molecule has 110 valence electrons. The first-order chi connectivity index (χ1) is 9.58. The molecule has 1 amide bonds. The van der Waals surface area contributed by atoms with Crippen LogP contribution in [0.5, 0.6) is 0 Å². The zero-order valence-corrected chi connectivity index (χ0v) is 12.0. The number of aliphatic hydroxyl groups excluding tert-OH is 1. The second-order valence-corrected chi connectivity index (χ2v) is 5.44. The normalized spacial score (nSPS) is 23.8. The van der Waals surface area contributed by atoms with Crippen LogP contribution in [0, 0.1) is 5.92 Å². The van der Waals surface area contributed by atoms with E-state index in [9.17, 15) is 9.90 Å². The Morgan fingerprint density at radius 2 is 2.20 bits per heavy atom. The van der Waals surface area contributed by atoms with Gasteiger partial charge in [0.1, 0.15) is 0 Å². The van der Waals surface area contributed by atoms with Gasteiger partial charge >= 0.3 is 0 Å². The summed E-state index contributed by atoms with van der Waals surface area (Å²) in [6.45, 7) is 2.57. The molecule has 0 radical (unpaired) electrons. The second-order valence-electron chi connectivity index (χ2n) is 5.44. The molecule has 0 bridgehead atoms. The minimum absolute atomic E-state index is 0.133. The van der Waals surface area contributed by atoms with Gasteiger partial charge in [-0.3, -0.25) is 15.0 Å². The number of amides is 1. The van der Waals surface area contributed by atoms with Crippen LogP contribution in [0.1, 0.15) is 26.2 Å². The van der Waals surface area contributed by atoms with E-state index >= 15 is 0 Å². The van der Waals surface area contributed by atoms with Crippen LogP contribution in [0.25, 0.3) is 0 Å². The molecule has 1 heterocycles. The molecule has 3 unspecified atom stereocenters. The smallest absolute Gasteiger partial charge is 0.243 e. The molecule has 1 fully saturated rings. The number of aliphatic hydroxyl groups is 1. The SMILES string of the molecule is CC(C(=O)Nc1ncccn1)N(C)CC1CCCC1O. The Hall–Kier alpha value is -1.53. The highest BCUT2D eigenvalue weighted by Crippen LogP contribution is 2.26. The van der Waals surface area contributed by atoms with Crippen LogP contribution >= 0.6 is 0 Å². The first-order valence-corrected chi connectivity index (χ1v) is 7.04. The number of aromatic nitrogens is 2. The van der Waals surface area contributed by atoms with Crippen LogP contribution in [0.2, 0.25) is 0 Å². The van der Waals surface area contributed by atoms with Gasteiger partial charge in [-0.1, -0.05) is 6.42 Å². The van der Waals surface area contributed by atoms with Crippen molar-refractivity contribution in [1.29, 1.82) is 0 Å². The van der Waals surface area contributed by atoms with E-state index in [2.05, 4.69) is 15.3 Å². The maximum atomic E-state index is 12.1. The third kappa shape index (κ3) is 3.74. The zero-order chi connectivity index (χ0) is 14.5. The van der Waals surface area contributed by atoms with Gasteiger partial charge in [-0.05, 0) is 38.8 Å². The molecule has 6 heteroatoms. The van der Waals surface area contributed by atoms with Gasteiger partial charge < -0.3 is 5.11 Å². The number of nitrogens with zero attached hydrogens (tertiary/aromatic N) is 3. The fraction of sp³-hybridized carbons (Fsp3) is 0.643. The Morgan fingerprint density at radius 1 is 1.50 bits per heavy atom. The summed E-state index contributed by atoms with van der Waals surface area (Å²) in [6.07, 6.45) is 5.92. The lowest BCUT2D eigenvalue weighted by atomic mass is 10.0. The molecule has 20 heavy (non-hydrogen) atoms. The molecule has 0 saturated heterocycles. The second kappa shape index (κ2) is 6.76. The molecule has 3 atom stereocenters. The predicted molar refractivity (Wildman–Crippen MR) is 76.1 cm³/mol. The van der Waals surface area contributed by atoms with E-state index in [4.69, 9.17) is 0 Å². The third-order valence-corrected chi connectivity index (χ3v) is 3.98. The lowest BCUT2D eigenvalue weighted by Gasteiger charge is -2.27. The van der Waals surface area contributed by atoms with Gasteiger partial charge in [0.15, 0.2) is 0 Å². The van der Waals surface area contributed by atoms with Gasteiger partial charge in [0.25, 0.3) is 0 Å². The van der Waals surface area contributed by atoms with Gasteiger partial charge in [-0.25, -0.2) is 9.97 Å². The van der Waals surface area contributed by atoms with Gasteiger partial charge in [0.2, 0.25) is 11.9 Å². The van der Waals surface area contributed by atoms with Crippen molar-refractivity contribution in [2.24, 2.45) is 5.92 Å². The Bertz CT molecular complexity index is 440. The maximum Gasteiger partial charge on any atom is 0.243 e. The number of hydrogen-bond acceptors (Lipinski definition) is 5. The van der Waals surface area contributed by atoms with Gasteiger partial charge in [-0.2, -0.15) is 0 Å². The van der Waals surface area contributed by atoms with Crippen molar-refractivity contribution >= 4 is 11.9 Å². The van der Waals surface area contributed by atoms with E-state index in [1.807, 2.05) is 18.9 Å². The fourth-order valence-electron chi connectivity index (χ4n) is 2.54. The molecule has 1 aromatic heterocycles. The molecule has 6 nitrogen and oxygen atoms in total. The van der Waals surface area contributed by atoms with Crippen molar-refractivity contribution in [3.63, 3.8) is 0 Å². The summed E-state index contributed by atoms with van der Waals surface area (Å²) in [4.78, 5) is 22.0. The van der Waals surface area contributed by atoms with E-state index in [-0.39, 0.29) is 24.0 Å². The first kappa shape index (κ1) is 14.9. The highest BCUT2D eigenvalue weighted by atomic mass is 16.3. The fourth-order valence-corrected chi connectivity index (χ4v) is 2.54. The zero-order valence-electron chi connectivity index (χ0n) is 12.0. The number of hydrogen-bond donors (Lipinski definition) is 2. The summed E-state index contributed by atoms with van der Waals surface area (Å²) in [5.41, 5.74) is 0. The quantitative estimate of drug-likeness (QED) is 0.836. The molecular formula is C14H22N4O2. The van der Waals surface area contributed by atoms with E-state index in [0.717, 1.165) is 25.8 Å². The molecule has 0 spiro atoms. The van der Waals surface area contributed by atoms with Gasteiger partial charge in [0, 0.05) is 18.9 Å². The number of anilines is 1. The largest absolute Gasteiger partial charge is 0.393 e. The first-order valence-electron chi connectivity index (χ1n) is 7.04. The average Bonchev–Trinajstić information content (AvgIpc) is 2.84. The summed E-state index contributed by atoms with van der Waals surface area (Å²) < 4.78 is 0. The topological polar surface area (TPSA) is 78.4 Å². The standard InChI is InChI=1S/C14H22N4O2/c1-10(13(20)17-14-15-7-4-8-16-14)18(2)9-11-5-3-6-12(11)19/h4,7-8,10-12,19H,3,5-6,9H2,1-2H3,(H,15,16,17,20). The van der Waals surface area contributed by atoms with Crippen LogP contribution in [-0.4, -0.2) is 51.6 Å². The van der Waals surface area contributed by atoms with E-state index in [0.29, 0.717) is 5.95 Å². The van der Waals surface area contributed by atoms with Crippen molar-refractivity contribution in [1.82, 2.24) is 14.9 Å². The summed E-state index contributed by atoms with van der Waals surface area (Å²) >= 11 is 0. The molecule has 0 aromatic carbocycles. The summed E-state index contributed by atoms with van der Waals surface area (Å²) in [7, 11) is 1.90. The van der Waals surface area contributed by atoms with Crippen LogP contribution in [0.4, 0.5) is 5.95 Å². The molecule has 1 aliphatic rings. The monoisotopic (exact) mass is 278 g/mol. The van der Waals surface area contributed by atoms with Gasteiger partial charge in [0.05, 0.1) is 12.1 Å².